The van der Waals surface area contributed by atoms with E-state index in [-0.39, 0.29) is 5.75 Å². The lowest BCUT2D eigenvalue weighted by molar-refractivity contribution is 0.465. The molecule has 62 valence electrons. The Labute approximate surface area is 69.4 Å². The van der Waals surface area contributed by atoms with Crippen LogP contribution in [0.3, 0.4) is 0 Å². The molecule has 0 unspecified atom stereocenters. The minimum atomic E-state index is 0.159. The van der Waals surface area contributed by atoms with Crippen molar-refractivity contribution in [3.05, 3.63) is 30.0 Å². The normalized spacial score (nSPS) is 10.8. The molecule has 3 heteroatoms. The quantitative estimate of drug-likeness (QED) is 0.671. The molecule has 0 aliphatic heterocycles. The number of hydrogen-bond donors (Lipinski definition) is 2. The fourth-order valence-corrected chi connectivity index (χ4v) is 1.25. The van der Waals surface area contributed by atoms with E-state index in [2.05, 4.69) is 0 Å². The number of phenolic OH excluding ortho intramolecular Hbond substituents is 1. The summed E-state index contributed by atoms with van der Waals surface area (Å²) in [7, 11) is 0. The molecule has 3 N–H and O–H groups in total. The van der Waals surface area contributed by atoms with Gasteiger partial charge < -0.3 is 15.3 Å². The van der Waals surface area contributed by atoms with E-state index in [0.717, 1.165) is 10.9 Å². The molecule has 0 bridgehead atoms. The molecular weight excluding hydrogens is 154 g/mol. The van der Waals surface area contributed by atoms with E-state index in [1.807, 2.05) is 6.07 Å². The van der Waals surface area contributed by atoms with Crippen molar-refractivity contribution in [2.24, 2.45) is 5.73 Å². The van der Waals surface area contributed by atoms with Gasteiger partial charge in [-0.2, -0.15) is 0 Å². The van der Waals surface area contributed by atoms with Crippen LogP contribution in [0.25, 0.3) is 11.0 Å². The lowest BCUT2D eigenvalue weighted by Crippen LogP contribution is -1.93. The molecule has 0 saturated carbocycles. The fourth-order valence-electron chi connectivity index (χ4n) is 1.25. The zero-order valence-corrected chi connectivity index (χ0v) is 6.45. The standard InChI is InChI=1S/C9H9NO2/c10-4-6-5-12-9-7(6)2-1-3-8(9)11/h1-3,5,11H,4,10H2. The van der Waals surface area contributed by atoms with E-state index in [1.165, 1.54) is 0 Å². The zero-order valence-electron chi connectivity index (χ0n) is 6.45. The van der Waals surface area contributed by atoms with Gasteiger partial charge in [-0.25, -0.2) is 0 Å². The van der Waals surface area contributed by atoms with Crippen LogP contribution in [0.1, 0.15) is 5.56 Å². The van der Waals surface area contributed by atoms with Gasteiger partial charge in [0, 0.05) is 17.5 Å². The van der Waals surface area contributed by atoms with Crippen LogP contribution in [0.5, 0.6) is 5.75 Å². The Morgan fingerprint density at radius 3 is 3.00 bits per heavy atom. The van der Waals surface area contributed by atoms with E-state index < -0.39 is 0 Å². The zero-order chi connectivity index (χ0) is 8.55. The molecule has 0 amide bonds. The summed E-state index contributed by atoms with van der Waals surface area (Å²) in [5, 5.41) is 10.2. The number of phenols is 1. The summed E-state index contributed by atoms with van der Waals surface area (Å²) in [5.74, 6) is 0.159. The van der Waals surface area contributed by atoms with Gasteiger partial charge >= 0.3 is 0 Å². The third kappa shape index (κ3) is 0.871. The summed E-state index contributed by atoms with van der Waals surface area (Å²) in [6.45, 7) is 0.427. The molecule has 1 aromatic carbocycles. The lowest BCUT2D eigenvalue weighted by atomic mass is 10.2. The summed E-state index contributed by atoms with van der Waals surface area (Å²) in [4.78, 5) is 0. The van der Waals surface area contributed by atoms with Crippen LogP contribution in [0, 0.1) is 0 Å². The van der Waals surface area contributed by atoms with Gasteiger partial charge in [0.1, 0.15) is 0 Å². The van der Waals surface area contributed by atoms with Crippen molar-refractivity contribution in [3.63, 3.8) is 0 Å². The van der Waals surface area contributed by atoms with Crippen LogP contribution in [-0.2, 0) is 6.54 Å². The van der Waals surface area contributed by atoms with Crippen LogP contribution in [-0.4, -0.2) is 5.11 Å². The Morgan fingerprint density at radius 1 is 1.42 bits per heavy atom. The molecule has 1 heterocycles. The highest BCUT2D eigenvalue weighted by atomic mass is 16.3. The molecule has 12 heavy (non-hydrogen) atoms. The van der Waals surface area contributed by atoms with Crippen molar-refractivity contribution in [1.29, 1.82) is 0 Å². The van der Waals surface area contributed by atoms with Gasteiger partial charge in [-0.3, -0.25) is 0 Å². The van der Waals surface area contributed by atoms with E-state index in [0.29, 0.717) is 12.1 Å². The van der Waals surface area contributed by atoms with Gasteiger partial charge in [-0.05, 0) is 6.07 Å². The average molecular weight is 163 g/mol. The van der Waals surface area contributed by atoms with Crippen LogP contribution in [0.4, 0.5) is 0 Å². The number of rotatable bonds is 1. The Morgan fingerprint density at radius 2 is 2.25 bits per heavy atom. The van der Waals surface area contributed by atoms with Crippen molar-refractivity contribution in [2.75, 3.05) is 0 Å². The molecule has 0 spiro atoms. The van der Waals surface area contributed by atoms with Crippen LogP contribution in [0.15, 0.2) is 28.9 Å². The minimum Gasteiger partial charge on any atom is -0.504 e. The lowest BCUT2D eigenvalue weighted by Gasteiger charge is -1.92. The topological polar surface area (TPSA) is 59.4 Å². The molecule has 0 atom stereocenters. The summed E-state index contributed by atoms with van der Waals surface area (Å²) in [6.07, 6.45) is 1.57. The SMILES string of the molecule is NCc1coc2c(O)cccc12. The first-order valence-electron chi connectivity index (χ1n) is 3.71. The van der Waals surface area contributed by atoms with Gasteiger partial charge in [0.25, 0.3) is 0 Å². The molecule has 2 rings (SSSR count). The first-order valence-corrected chi connectivity index (χ1v) is 3.71. The predicted octanol–water partition coefficient (Wildman–Crippen LogP) is 1.60. The molecule has 0 aliphatic rings. The maximum atomic E-state index is 9.35. The number of hydrogen-bond acceptors (Lipinski definition) is 3. The summed E-state index contributed by atoms with van der Waals surface area (Å²) < 4.78 is 5.14. The number of fused-ring (bicyclic) bond motifs is 1. The third-order valence-electron chi connectivity index (χ3n) is 1.88. The van der Waals surface area contributed by atoms with Gasteiger partial charge in [-0.15, -0.1) is 0 Å². The number of benzene rings is 1. The molecule has 3 nitrogen and oxygen atoms in total. The smallest absolute Gasteiger partial charge is 0.175 e. The highest BCUT2D eigenvalue weighted by molar-refractivity contribution is 5.85. The second-order valence-electron chi connectivity index (χ2n) is 2.62. The van der Waals surface area contributed by atoms with E-state index in [9.17, 15) is 5.11 Å². The Balaban J connectivity index is 2.80. The molecular formula is C9H9NO2. The highest BCUT2D eigenvalue weighted by Gasteiger charge is 2.06. The second kappa shape index (κ2) is 2.53. The fraction of sp³-hybridized carbons (Fsp3) is 0.111. The highest BCUT2D eigenvalue weighted by Crippen LogP contribution is 2.28. The molecule has 0 radical (unpaired) electrons. The van der Waals surface area contributed by atoms with E-state index >= 15 is 0 Å². The number of furan rings is 1. The second-order valence-corrected chi connectivity index (χ2v) is 2.62. The maximum Gasteiger partial charge on any atom is 0.175 e. The van der Waals surface area contributed by atoms with Gasteiger partial charge in [-0.1, -0.05) is 12.1 Å². The van der Waals surface area contributed by atoms with Crippen molar-refractivity contribution >= 4 is 11.0 Å². The van der Waals surface area contributed by atoms with Gasteiger partial charge in [0.2, 0.25) is 0 Å². The number of para-hydroxylation sites is 1. The first kappa shape index (κ1) is 7.18. The third-order valence-corrected chi connectivity index (χ3v) is 1.88. The van der Waals surface area contributed by atoms with Gasteiger partial charge in [0.15, 0.2) is 11.3 Å². The first-order chi connectivity index (χ1) is 5.83. The largest absolute Gasteiger partial charge is 0.504 e. The average Bonchev–Trinajstić information content (AvgIpc) is 2.49. The number of nitrogens with two attached hydrogens (primary N) is 1. The monoisotopic (exact) mass is 163 g/mol. The van der Waals surface area contributed by atoms with Gasteiger partial charge in [0.05, 0.1) is 6.26 Å². The Hall–Kier alpha value is -1.48. The molecule has 0 saturated heterocycles. The van der Waals surface area contributed by atoms with E-state index in [1.54, 1.807) is 18.4 Å². The minimum absolute atomic E-state index is 0.159. The molecule has 0 fully saturated rings. The maximum absolute atomic E-state index is 9.35. The van der Waals surface area contributed by atoms with Crippen molar-refractivity contribution in [2.45, 2.75) is 6.54 Å². The molecule has 1 aromatic heterocycles. The molecule has 0 aliphatic carbocycles. The van der Waals surface area contributed by atoms with Crippen LogP contribution in [0.2, 0.25) is 0 Å². The predicted molar refractivity (Wildman–Crippen MR) is 45.8 cm³/mol. The van der Waals surface area contributed by atoms with Crippen molar-refractivity contribution in [3.8, 4) is 5.75 Å². The summed E-state index contributed by atoms with van der Waals surface area (Å²) in [6, 6.07) is 5.24. The van der Waals surface area contributed by atoms with Crippen LogP contribution < -0.4 is 5.73 Å². The summed E-state index contributed by atoms with van der Waals surface area (Å²) in [5.41, 5.74) is 6.90. The Bertz CT molecular complexity index is 406. The summed E-state index contributed by atoms with van der Waals surface area (Å²) >= 11 is 0. The van der Waals surface area contributed by atoms with Crippen molar-refractivity contribution < 1.29 is 9.52 Å². The Kier molecular flexibility index (Phi) is 1.52. The number of aromatic hydroxyl groups is 1. The molecule has 2 aromatic rings. The van der Waals surface area contributed by atoms with Crippen molar-refractivity contribution in [1.82, 2.24) is 0 Å². The van der Waals surface area contributed by atoms with E-state index in [4.69, 9.17) is 10.2 Å². The van der Waals surface area contributed by atoms with Crippen LogP contribution >= 0.6 is 0 Å².